The number of hydrogen-bond donors (Lipinski definition) is 23. The van der Waals surface area contributed by atoms with Crippen LogP contribution in [0.1, 0.15) is 249 Å². The Bertz CT molecular complexity index is 5220. The van der Waals surface area contributed by atoms with Crippen molar-refractivity contribution >= 4 is 128 Å². The lowest BCUT2D eigenvalue weighted by atomic mass is 9.84. The van der Waals surface area contributed by atoms with Crippen LogP contribution in [0.25, 0.3) is 10.9 Å². The summed E-state index contributed by atoms with van der Waals surface area (Å²) in [6, 6.07) is 4.21. The first-order valence-corrected chi connectivity index (χ1v) is 51.5. The van der Waals surface area contributed by atoms with E-state index in [-0.39, 0.29) is 150 Å². The number of aromatic amines is 1. The number of amides is 9. The number of aliphatic carboxylic acids is 1. The highest BCUT2D eigenvalue weighted by Gasteiger charge is 2.45. The van der Waals surface area contributed by atoms with Crippen LogP contribution < -0.4 is 102 Å². The number of hydrazine groups is 2. The summed E-state index contributed by atoms with van der Waals surface area (Å²) in [6.45, 7) is 24.1. The van der Waals surface area contributed by atoms with Gasteiger partial charge in [-0.1, -0.05) is 120 Å². The number of fused-ring (bicyclic) bond motifs is 1. The number of aliphatic hydroxyl groups excluding tert-OH is 1. The van der Waals surface area contributed by atoms with Gasteiger partial charge in [0.05, 0.1) is 91.6 Å². The Hall–Kier alpha value is -12.3. The van der Waals surface area contributed by atoms with Gasteiger partial charge in [0.2, 0.25) is 64.7 Å². The molecule has 1 aliphatic heterocycles. The monoisotopic (exact) mass is 2080 g/mol. The van der Waals surface area contributed by atoms with Crippen LogP contribution in [-0.4, -0.2) is 284 Å². The Kier molecular flexibility index (Phi) is 54.3. The normalized spacial score (nSPS) is 21.4. The van der Waals surface area contributed by atoms with Crippen molar-refractivity contribution in [3.8, 4) is 5.75 Å². The van der Waals surface area contributed by atoms with Gasteiger partial charge >= 0.3 is 5.97 Å². The van der Waals surface area contributed by atoms with Crippen molar-refractivity contribution in [2.75, 3.05) is 39.3 Å². The Morgan fingerprint density at radius 3 is 1.68 bits per heavy atom. The fraction of sp³-hybridized carbons (Fsp3) is 0.604. The lowest BCUT2D eigenvalue weighted by Gasteiger charge is -2.33. The molecule has 5 rings (SSSR count). The summed E-state index contributed by atoms with van der Waals surface area (Å²) >= 11 is 0. The molecule has 0 aliphatic carbocycles. The second-order valence-electron chi connectivity index (χ2n) is 40.8. The number of rotatable bonds is 50. The summed E-state index contributed by atoms with van der Waals surface area (Å²) in [7, 11) is 0. The van der Waals surface area contributed by atoms with Gasteiger partial charge in [-0.05, 0) is 194 Å². The average molecular weight is 2080 g/mol. The lowest BCUT2D eigenvalue weighted by Crippen LogP contribution is -2.64. The Balaban J connectivity index is 1.46. The average Bonchev–Trinajstić information content (AvgIpc) is 1.49. The first-order valence-electron chi connectivity index (χ1n) is 51.5. The summed E-state index contributed by atoms with van der Waals surface area (Å²) in [4.78, 5) is 282. The van der Waals surface area contributed by atoms with Gasteiger partial charge in [0.1, 0.15) is 47.5 Å². The smallest absolute Gasteiger partial charge is 0.303 e. The number of ketones is 10. The maximum Gasteiger partial charge on any atom is 0.303 e. The maximum absolute atomic E-state index is 15.7. The molecule has 17 atom stereocenters. The SMILES string of the molecule is CC(=O)N[C@@H](CC(C)C)C(=O)N[C@H](C(=O)N[C@@H](Cc1ccccc1)C(=O)N[C@]1(C)CCCCCCC=CCCC[C@@](C)(C(=O)CN[C@@H](C)C(=O)CCN[C@@H](C)C(=O)CCN[C@@H](C)C(=O)CCN[C@@H](C)C(=O)CNC(C)(C)C(=O)N[C@H](C)C(N)=O)NC(=O)[C@H](CC(C)C)NN[C@@H](CCC(N)=O)C(=O)CC(=O)[C@H](C)NCC(=O)[C@H](Cc2c[nH]c3ccccc23)NC(=O)[C@H](Cc2ccc(O)cc2)NN[C@@H](CCC(=O)O)C(=O)C1=O)[C@@H](C)O. The van der Waals surface area contributed by atoms with Crippen LogP contribution in [0.2, 0.25) is 0 Å². The number of carbonyl (C=O) groups excluding carboxylic acids is 19. The van der Waals surface area contributed by atoms with Gasteiger partial charge < -0.3 is 95.6 Å². The molecule has 4 aromatic rings. The number of para-hydroxylation sites is 1. The molecule has 3 aromatic carbocycles. The molecule has 43 nitrogen and oxygen atoms in total. The maximum atomic E-state index is 15.7. The molecule has 0 bridgehead atoms. The second kappa shape index (κ2) is 63.6. The molecule has 9 amide bonds. The van der Waals surface area contributed by atoms with Crippen molar-refractivity contribution in [1.82, 2.24) is 95.8 Å². The summed E-state index contributed by atoms with van der Waals surface area (Å²) in [5.74, 6) is -15.2. The number of hydrogen-bond acceptors (Lipinski definition) is 32. The lowest BCUT2D eigenvalue weighted by molar-refractivity contribution is -0.144. The van der Waals surface area contributed by atoms with Crippen molar-refractivity contribution in [2.24, 2.45) is 23.3 Å². The number of H-pyrrole nitrogens is 1. The largest absolute Gasteiger partial charge is 0.508 e. The molecule has 0 saturated heterocycles. The van der Waals surface area contributed by atoms with Crippen LogP contribution >= 0.6 is 0 Å². The zero-order valence-electron chi connectivity index (χ0n) is 89.0. The van der Waals surface area contributed by atoms with Crippen molar-refractivity contribution < 1.29 is 111 Å². The molecule has 824 valence electrons. The van der Waals surface area contributed by atoms with Gasteiger partial charge in [0.15, 0.2) is 46.3 Å². The molecule has 0 unspecified atom stereocenters. The van der Waals surface area contributed by atoms with Crippen LogP contribution in [0.5, 0.6) is 5.75 Å². The predicted molar refractivity (Wildman–Crippen MR) is 559 cm³/mol. The van der Waals surface area contributed by atoms with E-state index in [0.717, 1.165) is 0 Å². The minimum atomic E-state index is -2.19. The number of phenols is 1. The van der Waals surface area contributed by atoms with Gasteiger partial charge in [-0.25, -0.2) is 21.7 Å². The molecule has 149 heavy (non-hydrogen) atoms. The van der Waals surface area contributed by atoms with E-state index in [1.54, 1.807) is 123 Å². The quantitative estimate of drug-likeness (QED) is 0.0169. The van der Waals surface area contributed by atoms with Crippen LogP contribution in [0.3, 0.4) is 0 Å². The molecule has 1 aliphatic rings. The van der Waals surface area contributed by atoms with E-state index in [1.807, 2.05) is 26.0 Å². The summed E-state index contributed by atoms with van der Waals surface area (Å²) in [5, 5.41) is 69.2. The number of aromatic nitrogens is 1. The number of benzene rings is 3. The summed E-state index contributed by atoms with van der Waals surface area (Å²) in [6.07, 6.45) is 3.19. The molecule has 0 saturated carbocycles. The number of carbonyl (C=O) groups is 20. The van der Waals surface area contributed by atoms with E-state index in [4.69, 9.17) is 11.5 Å². The molecule has 43 heteroatoms. The number of allylic oxidation sites excluding steroid dienone is 2. The molecular weight excluding hydrogens is 1920 g/mol. The van der Waals surface area contributed by atoms with Crippen LogP contribution in [0.4, 0.5) is 0 Å². The van der Waals surface area contributed by atoms with E-state index < -0.39 is 233 Å². The highest BCUT2D eigenvalue weighted by atomic mass is 16.4. The van der Waals surface area contributed by atoms with Gasteiger partial charge in [0, 0.05) is 88.6 Å². The fourth-order valence-electron chi connectivity index (χ4n) is 16.6. The number of nitrogens with two attached hydrogens (primary N) is 2. The zero-order valence-corrected chi connectivity index (χ0v) is 89.0. The Morgan fingerprint density at radius 2 is 1.09 bits per heavy atom. The van der Waals surface area contributed by atoms with Crippen LogP contribution in [0, 0.1) is 11.8 Å². The molecule has 25 N–H and O–H groups in total. The molecule has 2 heterocycles. The third-order valence-corrected chi connectivity index (χ3v) is 26.4. The van der Waals surface area contributed by atoms with Crippen molar-refractivity contribution in [2.45, 2.75) is 359 Å². The van der Waals surface area contributed by atoms with Gasteiger partial charge in [-0.2, -0.15) is 0 Å². The number of carboxylic acids is 1. The van der Waals surface area contributed by atoms with E-state index in [9.17, 15) is 87.2 Å². The van der Waals surface area contributed by atoms with Crippen LogP contribution in [-0.2, 0) is 115 Å². The van der Waals surface area contributed by atoms with Crippen molar-refractivity contribution in [3.63, 3.8) is 0 Å². The van der Waals surface area contributed by atoms with E-state index in [0.29, 0.717) is 66.1 Å². The van der Waals surface area contributed by atoms with Gasteiger partial charge in [0.25, 0.3) is 0 Å². The second-order valence-corrected chi connectivity index (χ2v) is 40.8. The minimum Gasteiger partial charge on any atom is -0.508 e. The summed E-state index contributed by atoms with van der Waals surface area (Å²) < 4.78 is 0. The third-order valence-electron chi connectivity index (χ3n) is 26.4. The molecule has 0 spiro atoms. The Morgan fingerprint density at radius 1 is 0.530 bits per heavy atom. The standard InChI is InChI=1S/C106H162N20O23/c1-61(2)51-80(117-70(12)128)98(144)120-94(69(11)127)102(148)119-81(53-71-31-25-24-26-32-71)100(146)122-106(16)47-30-23-21-19-17-18-20-22-29-46-105(15,91(137)60-113-65(7)86(132)45-49-110-63(5)84(130)43-48-109-64(6)85(131)44-50-111-67(9)89(135)59-115-104(13,14)103(149)116-68(10)97(108)143)121-101(147)82(52-62(3)4)125-123-77(39-41-92(107)138)88(134)56-87(133)66(8)112-58-90(136)79(55-73-57-114-76-34-28-27-33-75(73)76)118-99(145)83(54-72-35-37-74(129)38-36-72)126-124-78(40-42-93(139)140)95(141)96(106)142/h18,20,24-28,31-38,57,61-69,77-83,94,109-115,123-127,129H,17,19,21-23,29-30,39-56,58-60H2,1-16H3,(H2,107,138)(H2,108,143)(H,116,149)(H,117,128)(H,118,145)(H,119,148)(H,120,144)(H,121,147)(H,122,146)(H,139,140)/t63-,64-,65-,66-,67-,68+,69+,77-,78-,79-,80-,81-,82-,83-,94-,105-,106+/m0/s1. The molecule has 0 fully saturated rings. The number of aliphatic hydroxyl groups is 1. The van der Waals surface area contributed by atoms with E-state index in [1.165, 1.54) is 58.9 Å². The number of aromatic hydroxyl groups is 1. The number of phenolic OH excluding ortho intramolecular Hbond substituents is 1. The topological polar surface area (TPSA) is 674 Å². The zero-order chi connectivity index (χ0) is 111. The highest BCUT2D eigenvalue weighted by molar-refractivity contribution is 6.42. The number of Topliss-reactive ketones (excluding diaryl/α,β-unsaturated/α-hetero) is 10. The first kappa shape index (κ1) is 127. The van der Waals surface area contributed by atoms with E-state index in [2.05, 4.69) is 95.8 Å². The third kappa shape index (κ3) is 45.2. The Labute approximate surface area is 872 Å². The highest BCUT2D eigenvalue weighted by Crippen LogP contribution is 2.26. The van der Waals surface area contributed by atoms with Gasteiger partial charge in [-0.15, -0.1) is 0 Å². The van der Waals surface area contributed by atoms with Crippen molar-refractivity contribution in [3.05, 3.63) is 114 Å². The van der Waals surface area contributed by atoms with Crippen LogP contribution in [0.15, 0.2) is 97.2 Å². The number of primary amides is 2. The summed E-state index contributed by atoms with van der Waals surface area (Å²) in [5.41, 5.74) is 19.4. The van der Waals surface area contributed by atoms with Gasteiger partial charge in [-0.3, -0.25) is 101 Å². The van der Waals surface area contributed by atoms with E-state index >= 15 is 24.0 Å². The predicted octanol–water partition coefficient (Wildman–Crippen LogP) is 1.46. The number of nitrogens with one attached hydrogen (secondary N) is 18. The molecule has 1 aromatic heterocycles. The molecular formula is C106H162N20O23. The van der Waals surface area contributed by atoms with Crippen molar-refractivity contribution in [1.29, 1.82) is 0 Å². The first-order chi connectivity index (χ1) is 70.1. The molecule has 0 radical (unpaired) electrons. The minimum absolute atomic E-state index is 0.0324. The fourth-order valence-corrected chi connectivity index (χ4v) is 16.6. The number of carboxylic acid groups (broad SMARTS) is 1.